The zero-order valence-corrected chi connectivity index (χ0v) is 14.4. The molecule has 0 amide bonds. The molecular weight excluding hydrogens is 365 g/mol. The summed E-state index contributed by atoms with van der Waals surface area (Å²) in [5, 5.41) is 0. The maximum absolute atomic E-state index is 12.9. The van der Waals surface area contributed by atoms with E-state index in [9.17, 15) is 21.6 Å². The van der Waals surface area contributed by atoms with E-state index in [1.807, 2.05) is 6.92 Å². The van der Waals surface area contributed by atoms with Gasteiger partial charge in [0.15, 0.2) is 0 Å². The Hall–Kier alpha value is -2.74. The maximum Gasteiger partial charge on any atom is 0.416 e. The van der Waals surface area contributed by atoms with Gasteiger partial charge in [0.1, 0.15) is 0 Å². The molecule has 4 nitrogen and oxygen atoms in total. The second kappa shape index (κ2) is 6.53. The number of aromatic nitrogens is 1. The van der Waals surface area contributed by atoms with Gasteiger partial charge in [0, 0.05) is 17.5 Å². The van der Waals surface area contributed by atoms with Crippen molar-refractivity contribution in [2.75, 3.05) is 4.72 Å². The zero-order chi connectivity index (χ0) is 18.9. The van der Waals surface area contributed by atoms with Crippen molar-refractivity contribution in [3.8, 4) is 11.3 Å². The number of H-pyrrole nitrogens is 1. The summed E-state index contributed by atoms with van der Waals surface area (Å²) >= 11 is 0. The van der Waals surface area contributed by atoms with Crippen molar-refractivity contribution < 1.29 is 21.6 Å². The van der Waals surface area contributed by atoms with Gasteiger partial charge in [-0.3, -0.25) is 4.72 Å². The van der Waals surface area contributed by atoms with Crippen LogP contribution in [0.25, 0.3) is 11.3 Å². The predicted octanol–water partition coefficient (Wildman–Crippen LogP) is 4.81. The fourth-order valence-electron chi connectivity index (χ4n) is 2.51. The number of nitrogens with one attached hydrogen (secondary N) is 2. The standard InChI is InChI=1S/C18H15F3N2O2S/c1-12-7-8-17(15(10-12)16-6-3-9-22-16)23-26(24,25)14-5-2-4-13(11-14)18(19,20)21/h2-11,22-23H,1H3. The van der Waals surface area contributed by atoms with Gasteiger partial charge < -0.3 is 4.98 Å². The molecule has 0 radical (unpaired) electrons. The van der Waals surface area contributed by atoms with Gasteiger partial charge in [0.05, 0.1) is 16.1 Å². The highest BCUT2D eigenvalue weighted by atomic mass is 32.2. The summed E-state index contributed by atoms with van der Waals surface area (Å²) in [4.78, 5) is 2.54. The molecule has 136 valence electrons. The topological polar surface area (TPSA) is 62.0 Å². The molecule has 0 unspecified atom stereocenters. The molecule has 3 aromatic rings. The second-order valence-electron chi connectivity index (χ2n) is 5.76. The van der Waals surface area contributed by atoms with E-state index >= 15 is 0 Å². The lowest BCUT2D eigenvalue weighted by Gasteiger charge is -2.14. The van der Waals surface area contributed by atoms with Crippen molar-refractivity contribution in [2.45, 2.75) is 18.0 Å². The number of aromatic amines is 1. The maximum atomic E-state index is 12.9. The van der Waals surface area contributed by atoms with E-state index in [1.54, 1.807) is 36.5 Å². The molecule has 0 bridgehead atoms. The molecule has 26 heavy (non-hydrogen) atoms. The summed E-state index contributed by atoms with van der Waals surface area (Å²) in [6.07, 6.45) is -2.92. The number of hydrogen-bond acceptors (Lipinski definition) is 2. The lowest BCUT2D eigenvalue weighted by atomic mass is 10.1. The number of hydrogen-bond donors (Lipinski definition) is 2. The normalized spacial score (nSPS) is 12.2. The van der Waals surface area contributed by atoms with Crippen LogP contribution in [-0.4, -0.2) is 13.4 Å². The zero-order valence-electron chi connectivity index (χ0n) is 13.6. The molecule has 0 atom stereocenters. The van der Waals surface area contributed by atoms with E-state index in [0.717, 1.165) is 23.8 Å². The third-order valence-electron chi connectivity index (χ3n) is 3.78. The number of rotatable bonds is 4. The molecule has 8 heteroatoms. The lowest BCUT2D eigenvalue weighted by molar-refractivity contribution is -0.137. The molecule has 0 aliphatic heterocycles. The third-order valence-corrected chi connectivity index (χ3v) is 5.14. The number of alkyl halides is 3. The van der Waals surface area contributed by atoms with Crippen LogP contribution >= 0.6 is 0 Å². The van der Waals surface area contributed by atoms with Crippen LogP contribution in [-0.2, 0) is 16.2 Å². The fourth-order valence-corrected chi connectivity index (χ4v) is 3.64. The Morgan fingerprint density at radius 1 is 1.00 bits per heavy atom. The molecule has 0 fully saturated rings. The van der Waals surface area contributed by atoms with E-state index in [1.165, 1.54) is 0 Å². The Bertz CT molecular complexity index is 1030. The highest BCUT2D eigenvalue weighted by Crippen LogP contribution is 2.32. The highest BCUT2D eigenvalue weighted by molar-refractivity contribution is 7.92. The molecule has 0 saturated carbocycles. The minimum absolute atomic E-state index is 0.274. The van der Waals surface area contributed by atoms with Gasteiger partial charge >= 0.3 is 6.18 Å². The monoisotopic (exact) mass is 380 g/mol. The molecule has 0 saturated heterocycles. The molecule has 0 aliphatic rings. The molecule has 1 aromatic heterocycles. The molecule has 1 heterocycles. The molecule has 0 spiro atoms. The Morgan fingerprint density at radius 3 is 2.42 bits per heavy atom. The van der Waals surface area contributed by atoms with Crippen LogP contribution in [0.15, 0.2) is 65.7 Å². The van der Waals surface area contributed by atoms with Gasteiger partial charge in [-0.15, -0.1) is 0 Å². The van der Waals surface area contributed by atoms with Crippen LogP contribution in [0.4, 0.5) is 18.9 Å². The summed E-state index contributed by atoms with van der Waals surface area (Å²) in [5.41, 5.74) is 1.46. The first-order valence-corrected chi connectivity index (χ1v) is 9.10. The van der Waals surface area contributed by atoms with Crippen molar-refractivity contribution in [3.63, 3.8) is 0 Å². The number of halogens is 3. The van der Waals surface area contributed by atoms with Crippen LogP contribution in [0.5, 0.6) is 0 Å². The Kier molecular flexibility index (Phi) is 4.53. The summed E-state index contributed by atoms with van der Waals surface area (Å²) in [7, 11) is -4.19. The van der Waals surface area contributed by atoms with Crippen LogP contribution < -0.4 is 4.72 Å². The van der Waals surface area contributed by atoms with Crippen LogP contribution in [0.3, 0.4) is 0 Å². The minimum atomic E-state index is -4.62. The first-order valence-electron chi connectivity index (χ1n) is 7.61. The number of benzene rings is 2. The fraction of sp³-hybridized carbons (Fsp3) is 0.111. The Morgan fingerprint density at radius 2 is 1.77 bits per heavy atom. The minimum Gasteiger partial charge on any atom is -0.361 e. The Labute approximate surface area is 148 Å². The summed E-state index contributed by atoms with van der Waals surface area (Å²) < 4.78 is 66.2. The number of sulfonamides is 1. The van der Waals surface area contributed by atoms with Crippen LogP contribution in [0.1, 0.15) is 11.1 Å². The average Bonchev–Trinajstić information content (AvgIpc) is 3.10. The van der Waals surface area contributed by atoms with Gasteiger partial charge in [0.25, 0.3) is 10.0 Å². The number of aryl methyl sites for hydroxylation is 1. The second-order valence-corrected chi connectivity index (χ2v) is 7.45. The molecule has 2 N–H and O–H groups in total. The van der Waals surface area contributed by atoms with Gasteiger partial charge in [-0.05, 0) is 49.4 Å². The summed E-state index contributed by atoms with van der Waals surface area (Å²) in [6, 6.07) is 12.3. The van der Waals surface area contributed by atoms with Crippen molar-refractivity contribution >= 4 is 15.7 Å². The summed E-state index contributed by atoms with van der Waals surface area (Å²) in [6.45, 7) is 1.86. The van der Waals surface area contributed by atoms with Crippen LogP contribution in [0, 0.1) is 6.92 Å². The van der Waals surface area contributed by atoms with Crippen molar-refractivity contribution in [1.82, 2.24) is 4.98 Å². The predicted molar refractivity (Wildman–Crippen MR) is 93.2 cm³/mol. The number of anilines is 1. The third kappa shape index (κ3) is 3.75. The van der Waals surface area contributed by atoms with Gasteiger partial charge in [-0.1, -0.05) is 17.7 Å². The van der Waals surface area contributed by atoms with E-state index in [-0.39, 0.29) is 5.69 Å². The van der Waals surface area contributed by atoms with Gasteiger partial charge in [-0.25, -0.2) is 8.42 Å². The first-order chi connectivity index (χ1) is 12.2. The van der Waals surface area contributed by atoms with E-state index < -0.39 is 26.7 Å². The quantitative estimate of drug-likeness (QED) is 0.682. The van der Waals surface area contributed by atoms with E-state index in [4.69, 9.17) is 0 Å². The SMILES string of the molecule is Cc1ccc(NS(=O)(=O)c2cccc(C(F)(F)F)c2)c(-c2ccc[nH]2)c1. The summed E-state index contributed by atoms with van der Waals surface area (Å²) in [5.74, 6) is 0. The largest absolute Gasteiger partial charge is 0.416 e. The smallest absolute Gasteiger partial charge is 0.361 e. The molecular formula is C18H15F3N2O2S. The van der Waals surface area contributed by atoms with E-state index in [0.29, 0.717) is 17.3 Å². The first kappa shape index (κ1) is 18.1. The molecule has 2 aromatic carbocycles. The van der Waals surface area contributed by atoms with Crippen molar-refractivity contribution in [1.29, 1.82) is 0 Å². The Balaban J connectivity index is 2.02. The van der Waals surface area contributed by atoms with Crippen molar-refractivity contribution in [3.05, 3.63) is 71.9 Å². The molecule has 0 aliphatic carbocycles. The van der Waals surface area contributed by atoms with Gasteiger partial charge in [0.2, 0.25) is 0 Å². The molecule has 3 rings (SSSR count). The van der Waals surface area contributed by atoms with Gasteiger partial charge in [-0.2, -0.15) is 13.2 Å². The van der Waals surface area contributed by atoms with E-state index in [2.05, 4.69) is 9.71 Å². The lowest BCUT2D eigenvalue weighted by Crippen LogP contribution is -2.15. The highest BCUT2D eigenvalue weighted by Gasteiger charge is 2.31. The van der Waals surface area contributed by atoms with Crippen LogP contribution in [0.2, 0.25) is 0 Å². The average molecular weight is 380 g/mol. The van der Waals surface area contributed by atoms with Crippen molar-refractivity contribution in [2.24, 2.45) is 0 Å².